The van der Waals surface area contributed by atoms with Crippen LogP contribution in [0.25, 0.3) is 0 Å². The maximum absolute atomic E-state index is 13.3. The zero-order valence-corrected chi connectivity index (χ0v) is 19.0. The van der Waals surface area contributed by atoms with Crippen molar-refractivity contribution >= 4 is 35.0 Å². The number of carbonyl (C=O) groups is 2. The first-order valence-electron chi connectivity index (χ1n) is 10.4. The SMILES string of the molecule is Cc1ccc(CC(=O)N(Cc2c(Cl)cccc2Cl)[C@@H](C)C(=O)NC2CCCC2)cc1. The second-order valence-electron chi connectivity index (χ2n) is 8.05. The van der Waals surface area contributed by atoms with Crippen LogP contribution in [0, 0.1) is 6.92 Å². The monoisotopic (exact) mass is 446 g/mol. The van der Waals surface area contributed by atoms with Gasteiger partial charge in [-0.1, -0.05) is 71.9 Å². The highest BCUT2D eigenvalue weighted by atomic mass is 35.5. The summed E-state index contributed by atoms with van der Waals surface area (Å²) in [5, 5.41) is 4.07. The number of rotatable bonds is 7. The second kappa shape index (κ2) is 10.3. The van der Waals surface area contributed by atoms with Crippen LogP contribution >= 0.6 is 23.2 Å². The lowest BCUT2D eigenvalue weighted by molar-refractivity contribution is -0.140. The van der Waals surface area contributed by atoms with E-state index in [1.165, 1.54) is 0 Å². The van der Waals surface area contributed by atoms with Crippen molar-refractivity contribution in [2.24, 2.45) is 0 Å². The van der Waals surface area contributed by atoms with E-state index in [2.05, 4.69) is 5.32 Å². The summed E-state index contributed by atoms with van der Waals surface area (Å²) in [6.07, 6.45) is 4.46. The van der Waals surface area contributed by atoms with Gasteiger partial charge in [0.25, 0.3) is 0 Å². The average molecular weight is 447 g/mol. The molecule has 0 aromatic heterocycles. The van der Waals surface area contributed by atoms with Gasteiger partial charge in [0.05, 0.1) is 6.42 Å². The van der Waals surface area contributed by atoms with Crippen LogP contribution < -0.4 is 5.32 Å². The highest BCUT2D eigenvalue weighted by molar-refractivity contribution is 6.36. The topological polar surface area (TPSA) is 49.4 Å². The highest BCUT2D eigenvalue weighted by Crippen LogP contribution is 2.27. The lowest BCUT2D eigenvalue weighted by Gasteiger charge is -2.30. The van der Waals surface area contributed by atoms with Crippen molar-refractivity contribution in [3.63, 3.8) is 0 Å². The lowest BCUT2D eigenvalue weighted by atomic mass is 10.1. The van der Waals surface area contributed by atoms with Gasteiger partial charge in [-0.25, -0.2) is 0 Å². The Kier molecular flexibility index (Phi) is 7.79. The second-order valence-corrected chi connectivity index (χ2v) is 8.86. The molecule has 30 heavy (non-hydrogen) atoms. The Bertz CT molecular complexity index is 872. The van der Waals surface area contributed by atoms with Crippen molar-refractivity contribution in [1.29, 1.82) is 0 Å². The van der Waals surface area contributed by atoms with Crippen molar-refractivity contribution in [3.8, 4) is 0 Å². The molecule has 3 rings (SSSR count). The number of nitrogens with zero attached hydrogens (tertiary/aromatic N) is 1. The molecule has 1 N–H and O–H groups in total. The van der Waals surface area contributed by atoms with E-state index in [0.717, 1.165) is 36.8 Å². The summed E-state index contributed by atoms with van der Waals surface area (Å²) in [4.78, 5) is 27.8. The van der Waals surface area contributed by atoms with Crippen LogP contribution in [-0.4, -0.2) is 28.8 Å². The highest BCUT2D eigenvalue weighted by Gasteiger charge is 2.29. The summed E-state index contributed by atoms with van der Waals surface area (Å²) < 4.78 is 0. The van der Waals surface area contributed by atoms with Gasteiger partial charge in [-0.2, -0.15) is 0 Å². The van der Waals surface area contributed by atoms with E-state index in [1.807, 2.05) is 31.2 Å². The first-order valence-corrected chi connectivity index (χ1v) is 11.2. The Morgan fingerprint density at radius 3 is 2.27 bits per heavy atom. The van der Waals surface area contributed by atoms with E-state index in [0.29, 0.717) is 15.6 Å². The Morgan fingerprint density at radius 2 is 1.67 bits per heavy atom. The molecule has 2 aromatic carbocycles. The number of hydrogen-bond donors (Lipinski definition) is 1. The van der Waals surface area contributed by atoms with Gasteiger partial charge in [0, 0.05) is 28.2 Å². The van der Waals surface area contributed by atoms with E-state index in [-0.39, 0.29) is 30.8 Å². The molecule has 2 aromatic rings. The number of hydrogen-bond acceptors (Lipinski definition) is 2. The minimum Gasteiger partial charge on any atom is -0.352 e. The number of halogens is 2. The van der Waals surface area contributed by atoms with Crippen molar-refractivity contribution in [3.05, 3.63) is 69.2 Å². The first-order chi connectivity index (χ1) is 14.3. The molecular weight excluding hydrogens is 419 g/mol. The largest absolute Gasteiger partial charge is 0.352 e. The fraction of sp³-hybridized carbons (Fsp3) is 0.417. The molecule has 4 nitrogen and oxygen atoms in total. The summed E-state index contributed by atoms with van der Waals surface area (Å²) in [6, 6.07) is 12.7. The molecule has 0 heterocycles. The van der Waals surface area contributed by atoms with Gasteiger partial charge in [-0.3, -0.25) is 9.59 Å². The molecule has 0 saturated heterocycles. The van der Waals surface area contributed by atoms with E-state index in [1.54, 1.807) is 30.0 Å². The van der Waals surface area contributed by atoms with Crippen molar-refractivity contribution in [1.82, 2.24) is 10.2 Å². The van der Waals surface area contributed by atoms with Gasteiger partial charge in [0.15, 0.2) is 0 Å². The van der Waals surface area contributed by atoms with Crippen molar-refractivity contribution in [2.45, 2.75) is 64.6 Å². The van der Waals surface area contributed by atoms with Gasteiger partial charge in [0.2, 0.25) is 11.8 Å². The minimum atomic E-state index is -0.629. The zero-order valence-electron chi connectivity index (χ0n) is 17.5. The predicted molar refractivity (Wildman–Crippen MR) is 122 cm³/mol. The smallest absolute Gasteiger partial charge is 0.242 e. The van der Waals surface area contributed by atoms with Crippen LogP contribution in [0.4, 0.5) is 0 Å². The summed E-state index contributed by atoms with van der Waals surface area (Å²) >= 11 is 12.7. The third-order valence-electron chi connectivity index (χ3n) is 5.73. The van der Waals surface area contributed by atoms with E-state index in [9.17, 15) is 9.59 Å². The fourth-order valence-corrected chi connectivity index (χ4v) is 4.33. The first kappa shape index (κ1) is 22.6. The van der Waals surface area contributed by atoms with Crippen LogP contribution in [-0.2, 0) is 22.6 Å². The van der Waals surface area contributed by atoms with Gasteiger partial charge >= 0.3 is 0 Å². The lowest BCUT2D eigenvalue weighted by Crippen LogP contribution is -2.50. The van der Waals surface area contributed by atoms with Crippen molar-refractivity contribution < 1.29 is 9.59 Å². The molecule has 0 spiro atoms. The maximum atomic E-state index is 13.3. The van der Waals surface area contributed by atoms with E-state index < -0.39 is 6.04 Å². The Balaban J connectivity index is 1.81. The van der Waals surface area contributed by atoms with Gasteiger partial charge in [-0.15, -0.1) is 0 Å². The fourth-order valence-electron chi connectivity index (χ4n) is 3.81. The number of nitrogens with one attached hydrogen (secondary N) is 1. The molecule has 1 saturated carbocycles. The van der Waals surface area contributed by atoms with Gasteiger partial charge in [0.1, 0.15) is 6.04 Å². The molecular formula is C24H28Cl2N2O2. The average Bonchev–Trinajstić information content (AvgIpc) is 3.22. The number of carbonyl (C=O) groups excluding carboxylic acids is 2. The molecule has 0 unspecified atom stereocenters. The van der Waals surface area contributed by atoms with Gasteiger partial charge < -0.3 is 10.2 Å². The number of aryl methyl sites for hydroxylation is 1. The molecule has 0 radical (unpaired) electrons. The predicted octanol–water partition coefficient (Wildman–Crippen LogP) is 5.32. The molecule has 2 amide bonds. The van der Waals surface area contributed by atoms with Crippen molar-refractivity contribution in [2.75, 3.05) is 0 Å². The molecule has 1 atom stereocenters. The van der Waals surface area contributed by atoms with Crippen LogP contribution in [0.5, 0.6) is 0 Å². The number of amides is 2. The maximum Gasteiger partial charge on any atom is 0.242 e. The third kappa shape index (κ3) is 5.77. The number of benzene rings is 2. The molecule has 160 valence electrons. The third-order valence-corrected chi connectivity index (χ3v) is 6.44. The van der Waals surface area contributed by atoms with Gasteiger partial charge in [-0.05, 0) is 44.4 Å². The van der Waals surface area contributed by atoms with E-state index in [4.69, 9.17) is 23.2 Å². The normalized spacial score (nSPS) is 15.1. The Morgan fingerprint density at radius 1 is 1.07 bits per heavy atom. The standard InChI is InChI=1S/C24H28Cl2N2O2/c1-16-10-12-18(13-11-16)14-23(29)28(15-20-21(25)8-5-9-22(20)26)17(2)24(30)27-19-6-3-4-7-19/h5,8-13,17,19H,3-4,6-7,14-15H2,1-2H3,(H,27,30)/t17-/m0/s1. The Labute approximate surface area is 188 Å². The van der Waals surface area contributed by atoms with Crippen LogP contribution in [0.3, 0.4) is 0 Å². The molecule has 1 fully saturated rings. The molecule has 1 aliphatic carbocycles. The zero-order chi connectivity index (χ0) is 21.7. The molecule has 0 bridgehead atoms. The summed E-state index contributed by atoms with van der Waals surface area (Å²) in [7, 11) is 0. The Hall–Kier alpha value is -2.04. The van der Waals surface area contributed by atoms with Crippen LogP contribution in [0.1, 0.15) is 49.3 Å². The van der Waals surface area contributed by atoms with E-state index >= 15 is 0 Å². The molecule has 6 heteroatoms. The van der Waals surface area contributed by atoms with Crippen LogP contribution in [0.2, 0.25) is 10.0 Å². The summed E-state index contributed by atoms with van der Waals surface area (Å²) in [6.45, 7) is 3.96. The summed E-state index contributed by atoms with van der Waals surface area (Å²) in [5.74, 6) is -0.272. The molecule has 0 aliphatic heterocycles. The summed E-state index contributed by atoms with van der Waals surface area (Å²) in [5.41, 5.74) is 2.69. The minimum absolute atomic E-state index is 0.135. The quantitative estimate of drug-likeness (QED) is 0.625. The van der Waals surface area contributed by atoms with Crippen LogP contribution in [0.15, 0.2) is 42.5 Å². The molecule has 1 aliphatic rings.